The minimum absolute atomic E-state index is 0.160. The number of benzene rings is 1. The van der Waals surface area contributed by atoms with Crippen molar-refractivity contribution < 1.29 is 14.3 Å². The Kier molecular flexibility index (Phi) is 6.33. The van der Waals surface area contributed by atoms with Crippen LogP contribution in [0.2, 0.25) is 0 Å². The molecule has 0 radical (unpaired) electrons. The first-order valence-electron chi connectivity index (χ1n) is 8.64. The van der Waals surface area contributed by atoms with Gasteiger partial charge in [-0.3, -0.25) is 14.6 Å². The molecule has 0 bridgehead atoms. The summed E-state index contributed by atoms with van der Waals surface area (Å²) in [5, 5.41) is 8.13. The van der Waals surface area contributed by atoms with Crippen molar-refractivity contribution in [3.05, 3.63) is 64.4 Å². The number of aryl methyl sites for hydroxylation is 1. The van der Waals surface area contributed by atoms with Gasteiger partial charge in [0, 0.05) is 29.4 Å². The molecule has 2 N–H and O–H groups in total. The molecule has 0 saturated carbocycles. The SMILES string of the molecule is CC(=O)Nc1cccc(NC(=O)Cc2csc(COc3ccc(C)nc3)n2)c1. The zero-order chi connectivity index (χ0) is 19.9. The normalized spacial score (nSPS) is 10.4. The molecule has 0 aliphatic heterocycles. The van der Waals surface area contributed by atoms with E-state index in [1.54, 1.807) is 30.5 Å². The van der Waals surface area contributed by atoms with Gasteiger partial charge in [-0.1, -0.05) is 6.07 Å². The highest BCUT2D eigenvalue weighted by atomic mass is 32.1. The van der Waals surface area contributed by atoms with Crippen LogP contribution in [-0.2, 0) is 22.6 Å². The maximum Gasteiger partial charge on any atom is 0.230 e. The van der Waals surface area contributed by atoms with Gasteiger partial charge in [0.25, 0.3) is 0 Å². The van der Waals surface area contributed by atoms with Crippen molar-refractivity contribution in [2.75, 3.05) is 10.6 Å². The lowest BCUT2D eigenvalue weighted by Gasteiger charge is -2.07. The molecule has 3 aromatic rings. The van der Waals surface area contributed by atoms with E-state index < -0.39 is 0 Å². The fraction of sp³-hybridized carbons (Fsp3) is 0.200. The lowest BCUT2D eigenvalue weighted by Crippen LogP contribution is -2.15. The van der Waals surface area contributed by atoms with Crippen molar-refractivity contribution in [2.45, 2.75) is 26.9 Å². The Hall–Kier alpha value is -3.26. The summed E-state index contributed by atoms with van der Waals surface area (Å²) in [6.07, 6.45) is 1.83. The number of ether oxygens (including phenoxy) is 1. The summed E-state index contributed by atoms with van der Waals surface area (Å²) in [6, 6.07) is 10.7. The van der Waals surface area contributed by atoms with Crippen LogP contribution in [0.25, 0.3) is 0 Å². The van der Waals surface area contributed by atoms with E-state index >= 15 is 0 Å². The van der Waals surface area contributed by atoms with Gasteiger partial charge in [0.2, 0.25) is 11.8 Å². The first kappa shape index (κ1) is 19.5. The summed E-state index contributed by atoms with van der Waals surface area (Å²) in [4.78, 5) is 32.0. The highest BCUT2D eigenvalue weighted by Gasteiger charge is 2.09. The largest absolute Gasteiger partial charge is 0.485 e. The van der Waals surface area contributed by atoms with Crippen LogP contribution in [0.4, 0.5) is 11.4 Å². The summed E-state index contributed by atoms with van der Waals surface area (Å²) in [5.74, 6) is 0.335. The highest BCUT2D eigenvalue weighted by molar-refractivity contribution is 7.09. The molecular weight excluding hydrogens is 376 g/mol. The van der Waals surface area contributed by atoms with Gasteiger partial charge in [0.1, 0.15) is 17.4 Å². The monoisotopic (exact) mass is 396 g/mol. The second kappa shape index (κ2) is 9.09. The first-order chi connectivity index (χ1) is 13.5. The van der Waals surface area contributed by atoms with Gasteiger partial charge < -0.3 is 15.4 Å². The third-order valence-electron chi connectivity index (χ3n) is 3.65. The predicted octanol–water partition coefficient (Wildman–Crippen LogP) is 3.57. The Balaban J connectivity index is 1.52. The number of carbonyl (C=O) groups excluding carboxylic acids is 2. The van der Waals surface area contributed by atoms with E-state index in [2.05, 4.69) is 20.6 Å². The van der Waals surface area contributed by atoms with Gasteiger partial charge in [0.05, 0.1) is 18.3 Å². The molecule has 0 saturated heterocycles. The maximum atomic E-state index is 12.3. The summed E-state index contributed by atoms with van der Waals surface area (Å²) in [5.41, 5.74) is 2.85. The van der Waals surface area contributed by atoms with Crippen LogP contribution in [0, 0.1) is 6.92 Å². The maximum absolute atomic E-state index is 12.3. The zero-order valence-corrected chi connectivity index (χ0v) is 16.4. The Labute approximate surface area is 166 Å². The molecule has 1 aromatic carbocycles. The minimum atomic E-state index is -0.180. The molecule has 2 heterocycles. The van der Waals surface area contributed by atoms with Crippen molar-refractivity contribution in [3.8, 4) is 5.75 Å². The minimum Gasteiger partial charge on any atom is -0.485 e. The van der Waals surface area contributed by atoms with E-state index in [1.165, 1.54) is 18.3 Å². The topological polar surface area (TPSA) is 93.2 Å². The molecular formula is C20H20N4O3S. The third kappa shape index (κ3) is 5.88. The fourth-order valence-corrected chi connectivity index (χ4v) is 3.13. The van der Waals surface area contributed by atoms with Crippen LogP contribution >= 0.6 is 11.3 Å². The van der Waals surface area contributed by atoms with Gasteiger partial charge >= 0.3 is 0 Å². The summed E-state index contributed by atoms with van der Waals surface area (Å²) >= 11 is 1.45. The van der Waals surface area contributed by atoms with Crippen molar-refractivity contribution in [1.29, 1.82) is 0 Å². The number of carbonyl (C=O) groups is 2. The van der Waals surface area contributed by atoms with Crippen LogP contribution < -0.4 is 15.4 Å². The van der Waals surface area contributed by atoms with Gasteiger partial charge in [-0.2, -0.15) is 0 Å². The quantitative estimate of drug-likeness (QED) is 0.637. The number of nitrogens with one attached hydrogen (secondary N) is 2. The Bertz CT molecular complexity index is 970. The number of hydrogen-bond acceptors (Lipinski definition) is 6. The van der Waals surface area contributed by atoms with Crippen molar-refractivity contribution in [2.24, 2.45) is 0 Å². The second-order valence-electron chi connectivity index (χ2n) is 6.14. The summed E-state index contributed by atoms with van der Waals surface area (Å²) < 4.78 is 5.66. The average Bonchev–Trinajstić information content (AvgIpc) is 3.08. The van der Waals surface area contributed by atoms with Gasteiger partial charge in [-0.15, -0.1) is 11.3 Å². The summed E-state index contributed by atoms with van der Waals surface area (Å²) in [7, 11) is 0. The average molecular weight is 396 g/mol. The first-order valence-corrected chi connectivity index (χ1v) is 9.52. The van der Waals surface area contributed by atoms with E-state index in [4.69, 9.17) is 4.74 Å². The Morgan fingerprint density at radius 3 is 2.64 bits per heavy atom. The van der Waals surface area contributed by atoms with Crippen molar-refractivity contribution in [1.82, 2.24) is 9.97 Å². The molecule has 0 aliphatic carbocycles. The number of anilines is 2. The van der Waals surface area contributed by atoms with Crippen molar-refractivity contribution in [3.63, 3.8) is 0 Å². The van der Waals surface area contributed by atoms with E-state index in [0.717, 1.165) is 10.7 Å². The number of thiazole rings is 1. The standard InChI is InChI=1S/C20H20N4O3S/c1-13-6-7-18(10-21-13)27-11-20-24-17(12-28-20)9-19(26)23-16-5-3-4-15(8-16)22-14(2)25/h3-8,10,12H,9,11H2,1-2H3,(H,22,25)(H,23,26). The number of aromatic nitrogens is 2. The predicted molar refractivity (Wildman–Crippen MR) is 108 cm³/mol. The molecule has 0 aliphatic rings. The van der Waals surface area contributed by atoms with Crippen LogP contribution in [0.3, 0.4) is 0 Å². The number of nitrogens with zero attached hydrogens (tertiary/aromatic N) is 2. The zero-order valence-electron chi connectivity index (χ0n) is 15.6. The van der Waals surface area contributed by atoms with E-state index in [0.29, 0.717) is 29.4 Å². The lowest BCUT2D eigenvalue weighted by atomic mass is 10.2. The molecule has 7 nitrogen and oxygen atoms in total. The van der Waals surface area contributed by atoms with Gasteiger partial charge in [-0.25, -0.2) is 4.98 Å². The van der Waals surface area contributed by atoms with E-state index in [-0.39, 0.29) is 18.2 Å². The summed E-state index contributed by atoms with van der Waals surface area (Å²) in [6.45, 7) is 3.68. The molecule has 28 heavy (non-hydrogen) atoms. The van der Waals surface area contributed by atoms with Crippen molar-refractivity contribution >= 4 is 34.5 Å². The number of amides is 2. The molecule has 0 spiro atoms. The fourth-order valence-electron chi connectivity index (χ4n) is 2.43. The Morgan fingerprint density at radius 2 is 1.93 bits per heavy atom. The number of rotatable bonds is 7. The van der Waals surface area contributed by atoms with Gasteiger partial charge in [-0.05, 0) is 37.3 Å². The molecule has 144 valence electrons. The third-order valence-corrected chi connectivity index (χ3v) is 4.53. The Morgan fingerprint density at radius 1 is 1.14 bits per heavy atom. The molecule has 2 amide bonds. The van der Waals surface area contributed by atoms with E-state index in [1.807, 2.05) is 24.4 Å². The molecule has 8 heteroatoms. The molecule has 3 rings (SSSR count). The van der Waals surface area contributed by atoms with Crippen LogP contribution in [-0.4, -0.2) is 21.8 Å². The second-order valence-corrected chi connectivity index (χ2v) is 7.09. The highest BCUT2D eigenvalue weighted by Crippen LogP contribution is 2.17. The lowest BCUT2D eigenvalue weighted by molar-refractivity contribution is -0.116. The van der Waals surface area contributed by atoms with Crippen LogP contribution in [0.15, 0.2) is 48.0 Å². The molecule has 2 aromatic heterocycles. The number of pyridine rings is 1. The molecule has 0 unspecified atom stereocenters. The van der Waals surface area contributed by atoms with Crippen LogP contribution in [0.1, 0.15) is 23.3 Å². The smallest absolute Gasteiger partial charge is 0.230 e. The molecule has 0 atom stereocenters. The van der Waals surface area contributed by atoms with Gasteiger partial charge in [0.15, 0.2) is 0 Å². The molecule has 0 fully saturated rings. The van der Waals surface area contributed by atoms with Crippen LogP contribution in [0.5, 0.6) is 5.75 Å². The number of hydrogen-bond donors (Lipinski definition) is 2. The van der Waals surface area contributed by atoms with E-state index in [9.17, 15) is 9.59 Å².